The Kier molecular flexibility index (Phi) is 3.39. The molecule has 0 aliphatic carbocycles. The minimum atomic E-state index is -0.318. The molecule has 3 heterocycles. The standard InChI is InChI=1S/C18H12BrN5O2/c19-11-5-6-16(25)12(8-11)14-9-17(26-21-14)13-7-10-3-1-2-4-15(10)24-18(13)20-22-23-24/h1-8,17,25H,9H2. The summed E-state index contributed by atoms with van der Waals surface area (Å²) in [6.07, 6.45) is 0.201. The van der Waals surface area contributed by atoms with Gasteiger partial charge in [0, 0.05) is 27.4 Å². The summed E-state index contributed by atoms with van der Waals surface area (Å²) in [7, 11) is 0. The Hall–Kier alpha value is -3.00. The highest BCUT2D eigenvalue weighted by Crippen LogP contribution is 2.35. The lowest BCUT2D eigenvalue weighted by Gasteiger charge is -2.11. The van der Waals surface area contributed by atoms with Gasteiger partial charge < -0.3 is 9.94 Å². The molecule has 7 nitrogen and oxygen atoms in total. The van der Waals surface area contributed by atoms with Gasteiger partial charge in [0.15, 0.2) is 11.8 Å². The van der Waals surface area contributed by atoms with Crippen LogP contribution in [0.4, 0.5) is 0 Å². The van der Waals surface area contributed by atoms with Crippen molar-refractivity contribution < 1.29 is 9.94 Å². The summed E-state index contributed by atoms with van der Waals surface area (Å²) >= 11 is 3.42. The summed E-state index contributed by atoms with van der Waals surface area (Å²) in [4.78, 5) is 5.68. The first-order valence-electron chi connectivity index (χ1n) is 8.02. The average molecular weight is 410 g/mol. The van der Waals surface area contributed by atoms with Crippen molar-refractivity contribution in [2.45, 2.75) is 12.5 Å². The van der Waals surface area contributed by atoms with Crippen molar-refractivity contribution in [1.82, 2.24) is 20.0 Å². The number of halogens is 1. The Morgan fingerprint density at radius 3 is 2.96 bits per heavy atom. The fraction of sp³-hybridized carbons (Fsp3) is 0.111. The average Bonchev–Trinajstić information content (AvgIpc) is 3.33. The van der Waals surface area contributed by atoms with Gasteiger partial charge in [0.05, 0.1) is 11.2 Å². The topological polar surface area (TPSA) is 84.9 Å². The van der Waals surface area contributed by atoms with E-state index in [4.69, 9.17) is 4.84 Å². The molecule has 0 saturated heterocycles. The molecule has 1 aliphatic heterocycles. The van der Waals surface area contributed by atoms with Crippen LogP contribution in [0, 0.1) is 0 Å². The number of hydrogen-bond acceptors (Lipinski definition) is 6. The monoisotopic (exact) mass is 409 g/mol. The molecule has 0 amide bonds. The van der Waals surface area contributed by atoms with Crippen molar-refractivity contribution in [2.24, 2.45) is 5.16 Å². The fourth-order valence-corrected chi connectivity index (χ4v) is 3.60. The molecule has 1 unspecified atom stereocenters. The molecule has 0 fully saturated rings. The molecule has 0 radical (unpaired) electrons. The minimum Gasteiger partial charge on any atom is -0.507 e. The van der Waals surface area contributed by atoms with Gasteiger partial charge in [-0.1, -0.05) is 39.3 Å². The first kappa shape index (κ1) is 15.3. The molecule has 5 rings (SSSR count). The Balaban J connectivity index is 1.57. The van der Waals surface area contributed by atoms with E-state index in [9.17, 15) is 5.11 Å². The van der Waals surface area contributed by atoms with Crippen LogP contribution in [0.5, 0.6) is 5.75 Å². The molecule has 1 atom stereocenters. The Morgan fingerprint density at radius 2 is 2.04 bits per heavy atom. The molecule has 128 valence electrons. The van der Waals surface area contributed by atoms with Crippen LogP contribution in [0.3, 0.4) is 0 Å². The number of aromatic nitrogens is 4. The van der Waals surface area contributed by atoms with Crippen LogP contribution < -0.4 is 0 Å². The summed E-state index contributed by atoms with van der Waals surface area (Å²) in [5.74, 6) is 0.170. The van der Waals surface area contributed by atoms with Crippen molar-refractivity contribution >= 4 is 38.2 Å². The predicted octanol–water partition coefficient (Wildman–Crippen LogP) is 3.61. The second-order valence-corrected chi connectivity index (χ2v) is 6.99. The number of tetrazole rings is 1. The van der Waals surface area contributed by atoms with Crippen molar-refractivity contribution in [3.05, 3.63) is 64.1 Å². The quantitative estimate of drug-likeness (QED) is 0.546. The van der Waals surface area contributed by atoms with Gasteiger partial charge in [-0.3, -0.25) is 0 Å². The predicted molar refractivity (Wildman–Crippen MR) is 99.1 cm³/mol. The third kappa shape index (κ3) is 2.33. The molecule has 1 N–H and O–H groups in total. The SMILES string of the molecule is Oc1ccc(Br)cc1C1=NOC(c2cc3ccccc3n3nnnc23)C1. The summed E-state index contributed by atoms with van der Waals surface area (Å²) in [5, 5.41) is 27.4. The molecule has 1 aliphatic rings. The lowest BCUT2D eigenvalue weighted by atomic mass is 9.99. The van der Waals surface area contributed by atoms with Gasteiger partial charge in [-0.2, -0.15) is 4.52 Å². The molecule has 0 spiro atoms. The van der Waals surface area contributed by atoms with Crippen molar-refractivity contribution in [3.8, 4) is 5.75 Å². The first-order chi connectivity index (χ1) is 12.7. The van der Waals surface area contributed by atoms with E-state index in [0.717, 1.165) is 20.9 Å². The van der Waals surface area contributed by atoms with Gasteiger partial charge in [0.1, 0.15) is 5.75 Å². The zero-order valence-corrected chi connectivity index (χ0v) is 15.0. The normalized spacial score (nSPS) is 16.8. The number of benzene rings is 2. The highest BCUT2D eigenvalue weighted by Gasteiger charge is 2.28. The molecule has 2 aromatic carbocycles. The van der Waals surface area contributed by atoms with Crippen LogP contribution in [-0.4, -0.2) is 30.9 Å². The smallest absolute Gasteiger partial charge is 0.186 e. The zero-order valence-electron chi connectivity index (χ0n) is 13.4. The van der Waals surface area contributed by atoms with Crippen LogP contribution in [0.25, 0.3) is 16.6 Å². The largest absolute Gasteiger partial charge is 0.507 e. The van der Waals surface area contributed by atoms with Gasteiger partial charge >= 0.3 is 0 Å². The molecule has 0 bridgehead atoms. The van der Waals surface area contributed by atoms with Crippen LogP contribution >= 0.6 is 15.9 Å². The van der Waals surface area contributed by atoms with Crippen molar-refractivity contribution in [1.29, 1.82) is 0 Å². The number of phenols is 1. The van der Waals surface area contributed by atoms with Crippen molar-refractivity contribution in [3.63, 3.8) is 0 Å². The lowest BCUT2D eigenvalue weighted by molar-refractivity contribution is 0.0865. The lowest BCUT2D eigenvalue weighted by Crippen LogP contribution is -2.05. The van der Waals surface area contributed by atoms with Crippen LogP contribution in [0.15, 0.2) is 58.2 Å². The summed E-state index contributed by atoms with van der Waals surface area (Å²) in [6.45, 7) is 0. The van der Waals surface area contributed by atoms with E-state index in [1.807, 2.05) is 36.4 Å². The van der Waals surface area contributed by atoms with Gasteiger partial charge in [-0.05, 0) is 40.8 Å². The molecule has 8 heteroatoms. The van der Waals surface area contributed by atoms with Crippen molar-refractivity contribution in [2.75, 3.05) is 0 Å². The number of phenolic OH excluding ortho intramolecular Hbond substituents is 1. The van der Waals surface area contributed by atoms with Gasteiger partial charge in [-0.25, -0.2) is 0 Å². The number of nitrogens with zero attached hydrogens (tertiary/aromatic N) is 5. The number of hydrogen-bond donors (Lipinski definition) is 1. The van der Waals surface area contributed by atoms with E-state index >= 15 is 0 Å². The number of para-hydroxylation sites is 1. The first-order valence-corrected chi connectivity index (χ1v) is 8.81. The van der Waals surface area contributed by atoms with E-state index in [0.29, 0.717) is 23.3 Å². The third-order valence-electron chi connectivity index (χ3n) is 4.49. The molecular weight excluding hydrogens is 398 g/mol. The Morgan fingerprint density at radius 1 is 1.15 bits per heavy atom. The van der Waals surface area contributed by atoms with Crippen LogP contribution in [0.1, 0.15) is 23.7 Å². The van der Waals surface area contributed by atoms with E-state index < -0.39 is 0 Å². The second kappa shape index (κ2) is 5.77. The number of oxime groups is 1. The Labute approximate surface area is 156 Å². The van der Waals surface area contributed by atoms with E-state index in [1.54, 1.807) is 16.6 Å². The van der Waals surface area contributed by atoms with Gasteiger partial charge in [-0.15, -0.1) is 5.10 Å². The molecule has 0 saturated carbocycles. The molecule has 2 aromatic heterocycles. The van der Waals surface area contributed by atoms with Gasteiger partial charge in [0.25, 0.3) is 0 Å². The maximum Gasteiger partial charge on any atom is 0.186 e. The maximum absolute atomic E-state index is 10.1. The summed E-state index contributed by atoms with van der Waals surface area (Å²) in [6, 6.07) is 15.2. The third-order valence-corrected chi connectivity index (χ3v) is 4.98. The second-order valence-electron chi connectivity index (χ2n) is 6.07. The van der Waals surface area contributed by atoms with E-state index in [2.05, 4.69) is 36.6 Å². The molecular formula is C18H12BrN5O2. The highest BCUT2D eigenvalue weighted by atomic mass is 79.9. The minimum absolute atomic E-state index is 0.170. The van der Waals surface area contributed by atoms with Crippen LogP contribution in [0.2, 0.25) is 0 Å². The molecule has 4 aromatic rings. The van der Waals surface area contributed by atoms with Gasteiger partial charge in [0.2, 0.25) is 0 Å². The molecule has 26 heavy (non-hydrogen) atoms. The number of aromatic hydroxyl groups is 1. The van der Waals surface area contributed by atoms with Crippen LogP contribution in [-0.2, 0) is 4.84 Å². The number of fused-ring (bicyclic) bond motifs is 3. The van der Waals surface area contributed by atoms with E-state index in [-0.39, 0.29) is 11.9 Å². The zero-order chi connectivity index (χ0) is 17.7. The summed E-state index contributed by atoms with van der Waals surface area (Å²) < 4.78 is 2.58. The summed E-state index contributed by atoms with van der Waals surface area (Å²) in [5.41, 5.74) is 3.77. The number of rotatable bonds is 2. The number of pyridine rings is 1. The highest BCUT2D eigenvalue weighted by molar-refractivity contribution is 9.10. The maximum atomic E-state index is 10.1. The van der Waals surface area contributed by atoms with E-state index in [1.165, 1.54) is 0 Å². The fourth-order valence-electron chi connectivity index (χ4n) is 3.24. The Bertz CT molecular complexity index is 1190.